The molecule has 1 saturated carbocycles. The number of benzene rings is 1. The standard InChI is InChI=1S/C22H31N3O3/c1-5-12-25(17-8-6-7-9-17)21(26)14-18-15-28-20-11-10-16(22(27)23(2)3)13-19(20)24(18)4/h5,10-11,13,17-18H,1,6-9,12,14-15H2,2-4H3. The van der Waals surface area contributed by atoms with Crippen LogP contribution in [0.4, 0.5) is 5.69 Å². The molecular weight excluding hydrogens is 354 g/mol. The molecule has 2 aliphatic rings. The quantitative estimate of drug-likeness (QED) is 0.707. The molecule has 6 heteroatoms. The summed E-state index contributed by atoms with van der Waals surface area (Å²) in [4.78, 5) is 31.0. The predicted molar refractivity (Wildman–Crippen MR) is 111 cm³/mol. The third-order valence-corrected chi connectivity index (χ3v) is 5.79. The van der Waals surface area contributed by atoms with Crippen LogP contribution in [0.3, 0.4) is 0 Å². The van der Waals surface area contributed by atoms with Crippen molar-refractivity contribution in [2.45, 2.75) is 44.2 Å². The van der Waals surface area contributed by atoms with Crippen LogP contribution in [0.1, 0.15) is 42.5 Å². The number of ether oxygens (including phenoxy) is 1. The van der Waals surface area contributed by atoms with Crippen LogP contribution < -0.4 is 9.64 Å². The SMILES string of the molecule is C=CCN(C(=O)CC1COc2ccc(C(=O)N(C)C)cc2N1C)C1CCCC1. The number of carbonyl (C=O) groups is 2. The molecule has 2 amide bonds. The van der Waals surface area contributed by atoms with Gasteiger partial charge in [0.15, 0.2) is 0 Å². The molecule has 0 spiro atoms. The molecule has 0 radical (unpaired) electrons. The largest absolute Gasteiger partial charge is 0.489 e. The van der Waals surface area contributed by atoms with Gasteiger partial charge in [-0.25, -0.2) is 0 Å². The van der Waals surface area contributed by atoms with E-state index < -0.39 is 0 Å². The number of hydrogen-bond donors (Lipinski definition) is 0. The van der Waals surface area contributed by atoms with Gasteiger partial charge in [0.05, 0.1) is 18.2 Å². The minimum atomic E-state index is -0.0570. The van der Waals surface area contributed by atoms with E-state index in [9.17, 15) is 9.59 Å². The van der Waals surface area contributed by atoms with Crippen molar-refractivity contribution in [1.29, 1.82) is 0 Å². The fraction of sp³-hybridized carbons (Fsp3) is 0.545. The molecule has 1 aliphatic carbocycles. The highest BCUT2D eigenvalue weighted by Gasteiger charge is 2.32. The second-order valence-corrected chi connectivity index (χ2v) is 7.93. The summed E-state index contributed by atoms with van der Waals surface area (Å²) in [7, 11) is 5.44. The van der Waals surface area contributed by atoms with Gasteiger partial charge in [0, 0.05) is 39.3 Å². The maximum Gasteiger partial charge on any atom is 0.253 e. The molecule has 28 heavy (non-hydrogen) atoms. The minimum absolute atomic E-state index is 0.0483. The lowest BCUT2D eigenvalue weighted by Crippen LogP contribution is -2.46. The summed E-state index contributed by atoms with van der Waals surface area (Å²) in [5, 5.41) is 0. The highest BCUT2D eigenvalue weighted by Crippen LogP contribution is 2.35. The van der Waals surface area contributed by atoms with Gasteiger partial charge in [0.1, 0.15) is 12.4 Å². The fourth-order valence-electron chi connectivity index (χ4n) is 4.12. The summed E-state index contributed by atoms with van der Waals surface area (Å²) in [6.45, 7) is 4.88. The van der Waals surface area contributed by atoms with Crippen LogP contribution in [0, 0.1) is 0 Å². The Bertz CT molecular complexity index is 741. The lowest BCUT2D eigenvalue weighted by atomic mass is 10.1. The molecule has 0 aromatic heterocycles. The monoisotopic (exact) mass is 385 g/mol. The van der Waals surface area contributed by atoms with Gasteiger partial charge in [-0.1, -0.05) is 18.9 Å². The maximum atomic E-state index is 13.0. The number of nitrogens with zero attached hydrogens (tertiary/aromatic N) is 3. The van der Waals surface area contributed by atoms with Crippen molar-refractivity contribution in [1.82, 2.24) is 9.80 Å². The van der Waals surface area contributed by atoms with E-state index in [0.717, 1.165) is 24.3 Å². The number of fused-ring (bicyclic) bond motifs is 1. The van der Waals surface area contributed by atoms with E-state index in [0.29, 0.717) is 31.2 Å². The van der Waals surface area contributed by atoms with E-state index in [1.54, 1.807) is 25.1 Å². The molecule has 0 N–H and O–H groups in total. The van der Waals surface area contributed by atoms with Crippen molar-refractivity contribution < 1.29 is 14.3 Å². The maximum absolute atomic E-state index is 13.0. The first-order valence-electron chi connectivity index (χ1n) is 10.0. The first kappa shape index (κ1) is 20.2. The molecular formula is C22H31N3O3. The normalized spacial score (nSPS) is 19.0. The molecule has 0 bridgehead atoms. The minimum Gasteiger partial charge on any atom is -0.489 e. The second kappa shape index (κ2) is 8.67. The van der Waals surface area contributed by atoms with E-state index >= 15 is 0 Å². The van der Waals surface area contributed by atoms with Crippen LogP contribution >= 0.6 is 0 Å². The predicted octanol–water partition coefficient (Wildman–Crippen LogP) is 2.93. The van der Waals surface area contributed by atoms with Crippen molar-refractivity contribution in [3.05, 3.63) is 36.4 Å². The number of rotatable bonds is 6. The average molecular weight is 386 g/mol. The van der Waals surface area contributed by atoms with E-state index in [-0.39, 0.29) is 17.9 Å². The molecule has 1 atom stereocenters. The van der Waals surface area contributed by atoms with Crippen molar-refractivity contribution in [3.8, 4) is 5.75 Å². The summed E-state index contributed by atoms with van der Waals surface area (Å²) in [6.07, 6.45) is 6.74. The van der Waals surface area contributed by atoms with E-state index in [1.807, 2.05) is 30.2 Å². The highest BCUT2D eigenvalue weighted by atomic mass is 16.5. The summed E-state index contributed by atoms with van der Waals surface area (Å²) in [6, 6.07) is 5.75. The van der Waals surface area contributed by atoms with E-state index in [2.05, 4.69) is 11.5 Å². The summed E-state index contributed by atoms with van der Waals surface area (Å²) in [5.41, 5.74) is 1.47. The Morgan fingerprint density at radius 2 is 2.00 bits per heavy atom. The molecule has 1 aromatic carbocycles. The summed E-state index contributed by atoms with van der Waals surface area (Å²) < 4.78 is 5.91. The zero-order valence-electron chi connectivity index (χ0n) is 17.2. The van der Waals surface area contributed by atoms with Crippen LogP contribution in [0.2, 0.25) is 0 Å². The van der Waals surface area contributed by atoms with Gasteiger partial charge in [-0.05, 0) is 31.0 Å². The number of carbonyl (C=O) groups excluding carboxylic acids is 2. The number of hydrogen-bond acceptors (Lipinski definition) is 4. The van der Waals surface area contributed by atoms with Crippen LogP contribution in [0.25, 0.3) is 0 Å². The highest BCUT2D eigenvalue weighted by molar-refractivity contribution is 5.95. The van der Waals surface area contributed by atoms with Gasteiger partial charge in [0.2, 0.25) is 5.91 Å². The van der Waals surface area contributed by atoms with Crippen LogP contribution in [0.5, 0.6) is 5.75 Å². The van der Waals surface area contributed by atoms with E-state index in [1.165, 1.54) is 12.8 Å². The van der Waals surface area contributed by atoms with Crippen LogP contribution in [0.15, 0.2) is 30.9 Å². The third kappa shape index (κ3) is 4.16. The fourth-order valence-corrected chi connectivity index (χ4v) is 4.12. The molecule has 1 fully saturated rings. The molecule has 3 rings (SSSR count). The van der Waals surface area contributed by atoms with Gasteiger partial charge in [-0.3, -0.25) is 9.59 Å². The number of anilines is 1. The van der Waals surface area contributed by atoms with Crippen molar-refractivity contribution in [3.63, 3.8) is 0 Å². The zero-order valence-corrected chi connectivity index (χ0v) is 17.2. The lowest BCUT2D eigenvalue weighted by molar-refractivity contribution is -0.133. The second-order valence-electron chi connectivity index (χ2n) is 7.93. The molecule has 6 nitrogen and oxygen atoms in total. The Kier molecular flexibility index (Phi) is 6.27. The van der Waals surface area contributed by atoms with Crippen molar-refractivity contribution in [2.24, 2.45) is 0 Å². The molecule has 152 valence electrons. The topological polar surface area (TPSA) is 53.1 Å². The Hall–Kier alpha value is -2.50. The van der Waals surface area contributed by atoms with Gasteiger partial charge in [-0.2, -0.15) is 0 Å². The lowest BCUT2D eigenvalue weighted by Gasteiger charge is -2.37. The Morgan fingerprint density at radius 1 is 1.29 bits per heavy atom. The van der Waals surface area contributed by atoms with Gasteiger partial charge in [-0.15, -0.1) is 6.58 Å². The summed E-state index contributed by atoms with van der Waals surface area (Å²) in [5.74, 6) is 0.851. The van der Waals surface area contributed by atoms with Gasteiger partial charge < -0.3 is 19.4 Å². The molecule has 1 unspecified atom stereocenters. The average Bonchev–Trinajstić information content (AvgIpc) is 3.21. The number of amides is 2. The van der Waals surface area contributed by atoms with Crippen LogP contribution in [-0.2, 0) is 4.79 Å². The van der Waals surface area contributed by atoms with Crippen LogP contribution in [-0.4, -0.2) is 68.0 Å². The number of likely N-dealkylation sites (N-methyl/N-ethyl adjacent to an activating group) is 1. The first-order valence-corrected chi connectivity index (χ1v) is 10.0. The first-order chi connectivity index (χ1) is 13.4. The molecule has 1 aliphatic heterocycles. The van der Waals surface area contributed by atoms with Gasteiger partial charge >= 0.3 is 0 Å². The Morgan fingerprint density at radius 3 is 2.64 bits per heavy atom. The van der Waals surface area contributed by atoms with Crippen molar-refractivity contribution in [2.75, 3.05) is 39.2 Å². The Labute approximate surface area is 167 Å². The van der Waals surface area contributed by atoms with Crippen molar-refractivity contribution >= 4 is 17.5 Å². The molecule has 1 heterocycles. The van der Waals surface area contributed by atoms with Gasteiger partial charge in [0.25, 0.3) is 5.91 Å². The smallest absolute Gasteiger partial charge is 0.253 e. The summed E-state index contributed by atoms with van der Waals surface area (Å²) >= 11 is 0. The zero-order chi connectivity index (χ0) is 20.3. The third-order valence-electron chi connectivity index (χ3n) is 5.79. The van der Waals surface area contributed by atoms with E-state index in [4.69, 9.17) is 4.74 Å². The molecule has 1 aromatic rings. The molecule has 0 saturated heterocycles. The Balaban J connectivity index is 1.74.